The highest BCUT2D eigenvalue weighted by atomic mass is 16.4. The van der Waals surface area contributed by atoms with Gasteiger partial charge in [0.15, 0.2) is 0 Å². The fourth-order valence-electron chi connectivity index (χ4n) is 10.4. The van der Waals surface area contributed by atoms with Crippen molar-refractivity contribution in [1.29, 1.82) is 0 Å². The number of carbonyl (C=O) groups is 2. The van der Waals surface area contributed by atoms with E-state index in [0.717, 1.165) is 44.1 Å². The smallest absolute Gasteiger partial charge is 0.310 e. The molecule has 0 spiro atoms. The van der Waals surface area contributed by atoms with Gasteiger partial charge in [-0.25, -0.2) is 0 Å². The van der Waals surface area contributed by atoms with Gasteiger partial charge in [0.05, 0.1) is 23.0 Å². The molecule has 0 aromatic carbocycles. The molecule has 6 nitrogen and oxygen atoms in total. The second-order valence-corrected chi connectivity index (χ2v) is 13.9. The van der Waals surface area contributed by atoms with Gasteiger partial charge in [-0.3, -0.25) is 9.59 Å². The minimum atomic E-state index is -1.09. The summed E-state index contributed by atoms with van der Waals surface area (Å²) < 4.78 is 0. The molecule has 196 valence electrons. The van der Waals surface area contributed by atoms with E-state index in [4.69, 9.17) is 0 Å². The van der Waals surface area contributed by atoms with Crippen molar-refractivity contribution in [3.63, 3.8) is 0 Å². The van der Waals surface area contributed by atoms with E-state index in [1.165, 1.54) is 0 Å². The van der Waals surface area contributed by atoms with Crippen molar-refractivity contribution in [2.24, 2.45) is 51.2 Å². The summed E-state index contributed by atoms with van der Waals surface area (Å²) in [7, 11) is 0. The lowest BCUT2D eigenvalue weighted by molar-refractivity contribution is -0.210. The minimum Gasteiger partial charge on any atom is -0.481 e. The summed E-state index contributed by atoms with van der Waals surface area (Å²) in [4.78, 5) is 25.0. The number of rotatable bonds is 2. The lowest BCUT2D eigenvalue weighted by Gasteiger charge is -2.70. The van der Waals surface area contributed by atoms with E-state index in [0.29, 0.717) is 19.3 Å². The summed E-state index contributed by atoms with van der Waals surface area (Å²) in [5.41, 5.74) is -1.41. The molecule has 5 rings (SSSR count). The Labute approximate surface area is 209 Å². The third kappa shape index (κ3) is 2.96. The SMILES string of the molecule is C[C@@H]1CC[C@]2(C(=O)O)CC[C@]3(C)C(=CC[C@@H]4[C@@]5(C)CC[C@H](O)[C@@H](C(=O)O)[C@H]5CC[C@]43C)[C@H]2[C@]1(C)O. The van der Waals surface area contributed by atoms with Gasteiger partial charge in [-0.1, -0.05) is 39.3 Å². The monoisotopic (exact) mass is 488 g/mol. The van der Waals surface area contributed by atoms with Crippen LogP contribution in [0, 0.1) is 51.2 Å². The molecular weight excluding hydrogens is 444 g/mol. The number of carboxylic acids is 2. The standard InChI is InChI=1S/C29H44O6/c1-16-8-13-29(24(33)34)15-14-26(3)18(22(29)28(16,5)35)6-7-20-25(2)11-10-19(30)21(23(31)32)17(25)9-12-27(20,26)4/h6,16-17,19-22,30,35H,7-15H2,1-5H3,(H,31,32)(H,33,34)/t16-,17-,19+,20-,21+,22+,25+,26-,27-,28-,29+/m1/s1. The fraction of sp³-hybridized carbons (Fsp3) is 0.862. The van der Waals surface area contributed by atoms with Gasteiger partial charge in [-0.2, -0.15) is 0 Å². The number of aliphatic hydroxyl groups excluding tert-OH is 1. The van der Waals surface area contributed by atoms with Crippen LogP contribution in [0.25, 0.3) is 0 Å². The first-order valence-corrected chi connectivity index (χ1v) is 13.7. The molecule has 4 fully saturated rings. The zero-order valence-electron chi connectivity index (χ0n) is 22.0. The average molecular weight is 489 g/mol. The van der Waals surface area contributed by atoms with Gasteiger partial charge in [-0.15, -0.1) is 0 Å². The lowest BCUT2D eigenvalue weighted by atomic mass is 9.34. The minimum absolute atomic E-state index is 0.0261. The summed E-state index contributed by atoms with van der Waals surface area (Å²) in [5, 5.41) is 43.0. The number of hydrogen-bond donors (Lipinski definition) is 4. The van der Waals surface area contributed by atoms with E-state index in [9.17, 15) is 30.0 Å². The van der Waals surface area contributed by atoms with E-state index in [-0.39, 0.29) is 34.0 Å². The Bertz CT molecular complexity index is 970. The van der Waals surface area contributed by atoms with Crippen molar-refractivity contribution in [2.75, 3.05) is 0 Å². The first-order valence-electron chi connectivity index (χ1n) is 13.7. The summed E-state index contributed by atoms with van der Waals surface area (Å²) in [6.45, 7) is 10.8. The molecule has 0 unspecified atom stereocenters. The van der Waals surface area contributed by atoms with Crippen LogP contribution >= 0.6 is 0 Å². The van der Waals surface area contributed by atoms with Crippen molar-refractivity contribution in [2.45, 2.75) is 104 Å². The molecule has 6 heteroatoms. The molecule has 5 aliphatic rings. The molecule has 0 saturated heterocycles. The summed E-state index contributed by atoms with van der Waals surface area (Å²) in [5.74, 6) is -2.54. The van der Waals surface area contributed by atoms with Crippen molar-refractivity contribution < 1.29 is 30.0 Å². The van der Waals surface area contributed by atoms with Gasteiger partial charge in [0.2, 0.25) is 0 Å². The van der Waals surface area contributed by atoms with Gasteiger partial charge in [-0.05, 0) is 98.7 Å². The second kappa shape index (κ2) is 7.56. The molecule has 0 aromatic rings. The van der Waals surface area contributed by atoms with E-state index in [1.807, 2.05) is 6.92 Å². The highest BCUT2D eigenvalue weighted by molar-refractivity contribution is 5.77. The Kier molecular flexibility index (Phi) is 5.46. The predicted octanol–water partition coefficient (Wildman–Crippen LogP) is 4.88. The highest BCUT2D eigenvalue weighted by Gasteiger charge is 2.71. The number of fused-ring (bicyclic) bond motifs is 7. The van der Waals surface area contributed by atoms with Gasteiger partial charge in [0.25, 0.3) is 0 Å². The quantitative estimate of drug-likeness (QED) is 0.412. The van der Waals surface area contributed by atoms with Crippen LogP contribution in [0.3, 0.4) is 0 Å². The number of carboxylic acid groups (broad SMARTS) is 2. The molecule has 0 aromatic heterocycles. The second-order valence-electron chi connectivity index (χ2n) is 13.9. The maximum Gasteiger partial charge on any atom is 0.310 e. The van der Waals surface area contributed by atoms with E-state index >= 15 is 0 Å². The van der Waals surface area contributed by atoms with E-state index < -0.39 is 40.9 Å². The van der Waals surface area contributed by atoms with Crippen LogP contribution in [0.5, 0.6) is 0 Å². The lowest BCUT2D eigenvalue weighted by Crippen LogP contribution is -2.67. The maximum absolute atomic E-state index is 12.8. The zero-order valence-corrected chi connectivity index (χ0v) is 22.0. The number of hydrogen-bond acceptors (Lipinski definition) is 4. The Balaban J connectivity index is 1.63. The van der Waals surface area contributed by atoms with Gasteiger partial charge < -0.3 is 20.4 Å². The Hall–Kier alpha value is -1.40. The van der Waals surface area contributed by atoms with Crippen LogP contribution in [0.15, 0.2) is 11.6 Å². The van der Waals surface area contributed by atoms with E-state index in [2.05, 4.69) is 33.8 Å². The van der Waals surface area contributed by atoms with Crippen LogP contribution < -0.4 is 0 Å². The van der Waals surface area contributed by atoms with Crippen LogP contribution in [-0.4, -0.2) is 44.1 Å². The topological polar surface area (TPSA) is 115 Å². The molecule has 0 aliphatic heterocycles. The highest BCUT2D eigenvalue weighted by Crippen LogP contribution is 2.75. The molecule has 0 heterocycles. The average Bonchev–Trinajstić information content (AvgIpc) is 2.77. The Morgan fingerprint density at radius 1 is 0.943 bits per heavy atom. The van der Waals surface area contributed by atoms with Crippen LogP contribution in [-0.2, 0) is 9.59 Å². The van der Waals surface area contributed by atoms with Gasteiger partial charge in [0, 0.05) is 5.92 Å². The number of aliphatic hydroxyl groups is 2. The molecule has 4 N–H and O–H groups in total. The first-order chi connectivity index (χ1) is 16.2. The van der Waals surface area contributed by atoms with Crippen molar-refractivity contribution in [1.82, 2.24) is 0 Å². The Morgan fingerprint density at radius 3 is 2.26 bits per heavy atom. The molecule has 0 radical (unpaired) electrons. The van der Waals surface area contributed by atoms with Crippen LogP contribution in [0.1, 0.15) is 92.4 Å². The summed E-state index contributed by atoms with van der Waals surface area (Å²) >= 11 is 0. The van der Waals surface area contributed by atoms with Crippen molar-refractivity contribution in [3.8, 4) is 0 Å². The van der Waals surface area contributed by atoms with Crippen LogP contribution in [0.4, 0.5) is 0 Å². The van der Waals surface area contributed by atoms with Crippen molar-refractivity contribution in [3.05, 3.63) is 11.6 Å². The molecular formula is C29H44O6. The number of aliphatic carboxylic acids is 2. The predicted molar refractivity (Wildman–Crippen MR) is 131 cm³/mol. The maximum atomic E-state index is 12.8. The normalized spacial score (nSPS) is 55.5. The van der Waals surface area contributed by atoms with Crippen LogP contribution in [0.2, 0.25) is 0 Å². The molecule has 0 bridgehead atoms. The Morgan fingerprint density at radius 2 is 1.63 bits per heavy atom. The molecule has 0 amide bonds. The summed E-state index contributed by atoms with van der Waals surface area (Å²) in [6, 6.07) is 0. The van der Waals surface area contributed by atoms with E-state index in [1.54, 1.807) is 0 Å². The molecule has 4 saturated carbocycles. The fourth-order valence-corrected chi connectivity index (χ4v) is 10.4. The third-order valence-electron chi connectivity index (χ3n) is 12.9. The largest absolute Gasteiger partial charge is 0.481 e. The third-order valence-corrected chi connectivity index (χ3v) is 12.9. The number of allylic oxidation sites excluding steroid dienone is 1. The molecule has 11 atom stereocenters. The molecule has 5 aliphatic carbocycles. The summed E-state index contributed by atoms with van der Waals surface area (Å²) in [6.07, 6.45) is 7.92. The van der Waals surface area contributed by atoms with Gasteiger partial charge >= 0.3 is 11.9 Å². The first kappa shape index (κ1) is 25.3. The van der Waals surface area contributed by atoms with Crippen molar-refractivity contribution >= 4 is 11.9 Å². The van der Waals surface area contributed by atoms with Gasteiger partial charge in [0.1, 0.15) is 0 Å². The molecule has 35 heavy (non-hydrogen) atoms. The zero-order chi connectivity index (χ0) is 25.8.